The summed E-state index contributed by atoms with van der Waals surface area (Å²) in [4.78, 5) is 12.1. The summed E-state index contributed by atoms with van der Waals surface area (Å²) in [7, 11) is 1.55. The van der Waals surface area contributed by atoms with E-state index in [0.29, 0.717) is 22.7 Å². The largest absolute Gasteiger partial charge is 0.440 e. The van der Waals surface area contributed by atoms with Gasteiger partial charge in [0.05, 0.1) is 23.9 Å². The van der Waals surface area contributed by atoms with E-state index in [1.54, 1.807) is 20.9 Å². The highest BCUT2D eigenvalue weighted by molar-refractivity contribution is 5.67. The zero-order valence-electron chi connectivity index (χ0n) is 24.2. The number of fused-ring (bicyclic) bond motifs is 4. The van der Waals surface area contributed by atoms with E-state index in [9.17, 15) is 15.0 Å². The number of amides is 1. The molecule has 6 heteroatoms. The summed E-state index contributed by atoms with van der Waals surface area (Å²) >= 11 is 0. The maximum atomic E-state index is 12.1. The maximum Gasteiger partial charge on any atom is 0.407 e. The Labute approximate surface area is 223 Å². The molecule has 1 saturated heterocycles. The van der Waals surface area contributed by atoms with Crippen LogP contribution in [0.4, 0.5) is 4.79 Å². The van der Waals surface area contributed by atoms with Crippen molar-refractivity contribution in [2.75, 3.05) is 7.05 Å². The predicted molar refractivity (Wildman–Crippen MR) is 142 cm³/mol. The molecule has 0 aromatic carbocycles. The molecule has 1 amide bonds. The maximum absolute atomic E-state index is 12.1. The molecule has 6 rings (SSSR count). The summed E-state index contributed by atoms with van der Waals surface area (Å²) in [6.07, 6.45) is 10.1. The molecular weight excluding hydrogens is 466 g/mol. The number of hydrogen-bond donors (Lipinski definition) is 3. The molecule has 0 radical (unpaired) electrons. The van der Waals surface area contributed by atoms with Gasteiger partial charge in [-0.1, -0.05) is 27.7 Å². The normalized spacial score (nSPS) is 52.5. The minimum absolute atomic E-state index is 0.0191. The zero-order valence-corrected chi connectivity index (χ0v) is 24.2. The van der Waals surface area contributed by atoms with Crippen LogP contribution in [0.2, 0.25) is 0 Å². The minimum atomic E-state index is -1.18. The minimum Gasteiger partial charge on any atom is -0.440 e. The van der Waals surface area contributed by atoms with Gasteiger partial charge in [0.1, 0.15) is 0 Å². The lowest BCUT2D eigenvalue weighted by Crippen LogP contribution is -2.57. The molecule has 37 heavy (non-hydrogen) atoms. The van der Waals surface area contributed by atoms with Gasteiger partial charge in [-0.25, -0.2) is 4.79 Å². The lowest BCUT2D eigenvalue weighted by atomic mass is 9.42. The first-order valence-corrected chi connectivity index (χ1v) is 15.1. The second kappa shape index (κ2) is 7.87. The van der Waals surface area contributed by atoms with E-state index in [2.05, 4.69) is 33.0 Å². The smallest absolute Gasteiger partial charge is 0.407 e. The molecule has 1 aliphatic heterocycles. The monoisotopic (exact) mass is 517 g/mol. The number of aliphatic hydroxyl groups is 2. The van der Waals surface area contributed by atoms with E-state index < -0.39 is 17.8 Å². The average Bonchev–Trinajstić information content (AvgIpc) is 3.43. The number of aliphatic hydroxyl groups excluding tert-OH is 1. The molecule has 11 atom stereocenters. The van der Waals surface area contributed by atoms with Gasteiger partial charge in [-0.15, -0.1) is 0 Å². The lowest BCUT2D eigenvalue weighted by molar-refractivity contribution is -0.179. The van der Waals surface area contributed by atoms with Gasteiger partial charge in [0.25, 0.3) is 0 Å². The number of ether oxygens (including phenoxy) is 2. The molecule has 2 spiro atoms. The highest BCUT2D eigenvalue weighted by Gasteiger charge is 2.82. The van der Waals surface area contributed by atoms with Crippen molar-refractivity contribution in [1.82, 2.24) is 5.32 Å². The van der Waals surface area contributed by atoms with Crippen molar-refractivity contribution < 1.29 is 24.5 Å². The van der Waals surface area contributed by atoms with Crippen molar-refractivity contribution >= 4 is 6.09 Å². The van der Waals surface area contributed by atoms with Crippen LogP contribution in [0, 0.1) is 44.8 Å². The zero-order chi connectivity index (χ0) is 26.8. The molecule has 0 bridgehead atoms. The van der Waals surface area contributed by atoms with Crippen molar-refractivity contribution in [2.24, 2.45) is 44.8 Å². The number of carbonyl (C=O) groups excluding carboxylic acids is 1. The van der Waals surface area contributed by atoms with Crippen LogP contribution in [-0.4, -0.2) is 53.4 Å². The molecule has 1 heterocycles. The van der Waals surface area contributed by atoms with Crippen molar-refractivity contribution in [3.8, 4) is 0 Å². The summed E-state index contributed by atoms with van der Waals surface area (Å²) in [6.45, 7) is 13.3. The van der Waals surface area contributed by atoms with Gasteiger partial charge in [0.2, 0.25) is 0 Å². The molecule has 5 aliphatic carbocycles. The van der Waals surface area contributed by atoms with E-state index in [1.165, 1.54) is 38.5 Å². The fourth-order valence-electron chi connectivity index (χ4n) is 11.9. The van der Waals surface area contributed by atoms with Gasteiger partial charge in [-0.3, -0.25) is 0 Å². The summed E-state index contributed by atoms with van der Waals surface area (Å²) < 4.78 is 12.5. The Kier molecular flexibility index (Phi) is 5.61. The number of rotatable bonds is 3. The number of alkyl carbamates (subject to hydrolysis) is 1. The molecule has 6 aliphatic rings. The first-order chi connectivity index (χ1) is 17.2. The SMILES string of the molecule is CNC(=O)OC(C1CCC2C(CC3(C)C4CCC5C(C)(C)C(O)CCC56CC46CCC23C)O1)C(C)(C)O. The van der Waals surface area contributed by atoms with Gasteiger partial charge in [0.15, 0.2) is 6.10 Å². The Morgan fingerprint density at radius 2 is 1.65 bits per heavy atom. The molecule has 6 fully saturated rings. The van der Waals surface area contributed by atoms with E-state index >= 15 is 0 Å². The van der Waals surface area contributed by atoms with Gasteiger partial charge >= 0.3 is 6.09 Å². The summed E-state index contributed by atoms with van der Waals surface area (Å²) in [5.74, 6) is 1.89. The van der Waals surface area contributed by atoms with Crippen LogP contribution in [0.25, 0.3) is 0 Å². The van der Waals surface area contributed by atoms with Crippen LogP contribution in [-0.2, 0) is 9.47 Å². The Morgan fingerprint density at radius 1 is 0.973 bits per heavy atom. The fraction of sp³-hybridized carbons (Fsp3) is 0.968. The molecular formula is C31H51NO5. The van der Waals surface area contributed by atoms with E-state index in [1.807, 2.05) is 0 Å². The van der Waals surface area contributed by atoms with Gasteiger partial charge in [-0.2, -0.15) is 0 Å². The van der Waals surface area contributed by atoms with Crippen molar-refractivity contribution in [3.05, 3.63) is 0 Å². The predicted octanol–water partition coefficient (Wildman–Crippen LogP) is 5.44. The van der Waals surface area contributed by atoms with Gasteiger partial charge in [0, 0.05) is 7.05 Å². The number of nitrogens with one attached hydrogen (secondary N) is 1. The summed E-state index contributed by atoms with van der Waals surface area (Å²) in [5.41, 5.74) is 0.219. The van der Waals surface area contributed by atoms with Crippen LogP contribution in [0.3, 0.4) is 0 Å². The van der Waals surface area contributed by atoms with Crippen LogP contribution in [0.15, 0.2) is 0 Å². The first-order valence-electron chi connectivity index (χ1n) is 15.1. The first kappa shape index (κ1) is 26.4. The molecule has 210 valence electrons. The second-order valence-electron chi connectivity index (χ2n) is 15.7. The van der Waals surface area contributed by atoms with E-state index in [0.717, 1.165) is 31.6 Å². The quantitative estimate of drug-likeness (QED) is 0.464. The third kappa shape index (κ3) is 3.24. The van der Waals surface area contributed by atoms with Crippen LogP contribution >= 0.6 is 0 Å². The average molecular weight is 518 g/mol. The third-order valence-corrected chi connectivity index (χ3v) is 13.8. The summed E-state index contributed by atoms with van der Waals surface area (Å²) in [6, 6.07) is 0. The van der Waals surface area contributed by atoms with Crippen LogP contribution < -0.4 is 5.32 Å². The highest BCUT2D eigenvalue weighted by Crippen LogP contribution is 2.89. The number of carbonyl (C=O) groups is 1. The Hall–Kier alpha value is -0.850. The Morgan fingerprint density at radius 3 is 2.32 bits per heavy atom. The van der Waals surface area contributed by atoms with Crippen LogP contribution in [0.5, 0.6) is 0 Å². The van der Waals surface area contributed by atoms with E-state index in [-0.39, 0.29) is 34.6 Å². The Bertz CT molecular complexity index is 960. The van der Waals surface area contributed by atoms with Gasteiger partial charge < -0.3 is 25.0 Å². The standard InChI is InChI=1S/C31H51NO5/c1-26(2)21-10-11-22-29(6)16-20-18(8-9-19(36-20)24(27(3,4)35)37-25(34)32-7)28(29,5)14-15-31(22)17-30(21,31)13-12-23(26)33/h18-24,33,35H,8-17H2,1-7H3,(H,32,34). The van der Waals surface area contributed by atoms with Crippen molar-refractivity contribution in [3.63, 3.8) is 0 Å². The van der Waals surface area contributed by atoms with Crippen molar-refractivity contribution in [1.29, 1.82) is 0 Å². The van der Waals surface area contributed by atoms with Crippen molar-refractivity contribution in [2.45, 2.75) is 136 Å². The molecule has 3 N–H and O–H groups in total. The summed E-state index contributed by atoms with van der Waals surface area (Å²) in [5, 5.41) is 24.3. The topological polar surface area (TPSA) is 88.0 Å². The molecule has 6 nitrogen and oxygen atoms in total. The fourth-order valence-corrected chi connectivity index (χ4v) is 11.9. The van der Waals surface area contributed by atoms with Gasteiger partial charge in [-0.05, 0) is 123 Å². The number of hydrogen-bond acceptors (Lipinski definition) is 5. The van der Waals surface area contributed by atoms with Crippen LogP contribution in [0.1, 0.15) is 106 Å². The molecule has 0 aromatic rings. The lowest BCUT2D eigenvalue weighted by Gasteiger charge is -2.63. The molecule has 11 unspecified atom stereocenters. The second-order valence-corrected chi connectivity index (χ2v) is 15.7. The molecule has 5 saturated carbocycles. The molecule has 0 aromatic heterocycles. The Balaban J connectivity index is 1.27. The van der Waals surface area contributed by atoms with E-state index in [4.69, 9.17) is 9.47 Å². The highest BCUT2D eigenvalue weighted by atomic mass is 16.6. The third-order valence-electron chi connectivity index (χ3n) is 13.8.